The third-order valence-electron chi connectivity index (χ3n) is 3.87. The van der Waals surface area contributed by atoms with Crippen LogP contribution in [0.15, 0.2) is 76.1 Å². The average molecular weight is 365 g/mol. The number of rotatable bonds is 7. The highest BCUT2D eigenvalue weighted by Crippen LogP contribution is 2.12. The summed E-state index contributed by atoms with van der Waals surface area (Å²) in [7, 11) is 1.59. The van der Waals surface area contributed by atoms with Gasteiger partial charge in [-0.3, -0.25) is 9.59 Å². The monoisotopic (exact) mass is 365 g/mol. The molecule has 1 amide bonds. The molecular weight excluding hydrogens is 346 g/mol. The first-order chi connectivity index (χ1) is 13.2. The van der Waals surface area contributed by atoms with Crippen molar-refractivity contribution in [3.8, 4) is 11.5 Å². The number of amides is 1. The first-order valence-corrected chi connectivity index (χ1v) is 8.36. The van der Waals surface area contributed by atoms with Crippen LogP contribution in [-0.4, -0.2) is 13.0 Å². The molecule has 0 saturated heterocycles. The van der Waals surface area contributed by atoms with Gasteiger partial charge in [0.1, 0.15) is 18.6 Å². The van der Waals surface area contributed by atoms with Crippen LogP contribution < -0.4 is 20.2 Å². The highest BCUT2D eigenvalue weighted by molar-refractivity contribution is 5.91. The number of nitrogens with one attached hydrogen (secondary N) is 1. The van der Waals surface area contributed by atoms with Gasteiger partial charge in [-0.25, -0.2) is 0 Å². The number of methoxy groups -OCH3 is 1. The van der Waals surface area contributed by atoms with Gasteiger partial charge in [0.2, 0.25) is 11.2 Å². The third kappa shape index (κ3) is 4.98. The molecule has 0 unspecified atom stereocenters. The maximum absolute atomic E-state index is 12.2. The van der Waals surface area contributed by atoms with Crippen LogP contribution in [0.25, 0.3) is 0 Å². The Kier molecular flexibility index (Phi) is 5.89. The van der Waals surface area contributed by atoms with Gasteiger partial charge in [-0.1, -0.05) is 42.5 Å². The van der Waals surface area contributed by atoms with Gasteiger partial charge in [0.05, 0.1) is 7.11 Å². The van der Waals surface area contributed by atoms with Gasteiger partial charge in [0.15, 0.2) is 5.76 Å². The molecule has 0 fully saturated rings. The Hall–Kier alpha value is -3.54. The van der Waals surface area contributed by atoms with E-state index < -0.39 is 11.3 Å². The van der Waals surface area contributed by atoms with Crippen molar-refractivity contribution >= 4 is 5.91 Å². The second kappa shape index (κ2) is 8.71. The van der Waals surface area contributed by atoms with E-state index in [0.717, 1.165) is 29.2 Å². The maximum atomic E-state index is 12.2. The lowest BCUT2D eigenvalue weighted by Gasteiger charge is -2.07. The fourth-order valence-corrected chi connectivity index (χ4v) is 2.37. The predicted molar refractivity (Wildman–Crippen MR) is 99.9 cm³/mol. The van der Waals surface area contributed by atoms with Crippen LogP contribution >= 0.6 is 0 Å². The fraction of sp³-hybridized carbons (Fsp3) is 0.143. The number of ether oxygens (including phenoxy) is 2. The number of carbonyl (C=O) groups excluding carboxylic acids is 1. The summed E-state index contributed by atoms with van der Waals surface area (Å²) in [6, 6.07) is 17.9. The molecule has 1 N–H and O–H groups in total. The van der Waals surface area contributed by atoms with Crippen molar-refractivity contribution in [2.75, 3.05) is 7.11 Å². The molecule has 1 heterocycles. The van der Waals surface area contributed by atoms with E-state index >= 15 is 0 Å². The van der Waals surface area contributed by atoms with E-state index in [1.165, 1.54) is 0 Å². The standard InChI is InChI=1S/C21H19NO5/c1-25-17-9-7-15(8-10-17)12-22-21(24)19-11-18(23)20(14-27-19)26-13-16-5-3-2-4-6-16/h2-11,14H,12-13H2,1H3,(H,22,24). The summed E-state index contributed by atoms with van der Waals surface area (Å²) in [6.07, 6.45) is 1.16. The minimum Gasteiger partial charge on any atom is -0.497 e. The summed E-state index contributed by atoms with van der Waals surface area (Å²) >= 11 is 0. The van der Waals surface area contributed by atoms with E-state index in [1.807, 2.05) is 42.5 Å². The topological polar surface area (TPSA) is 77.8 Å². The molecule has 3 rings (SSSR count). The average Bonchev–Trinajstić information content (AvgIpc) is 2.72. The summed E-state index contributed by atoms with van der Waals surface area (Å²) in [5.74, 6) is 0.255. The molecule has 0 atom stereocenters. The first kappa shape index (κ1) is 18.3. The van der Waals surface area contributed by atoms with Crippen molar-refractivity contribution in [3.63, 3.8) is 0 Å². The van der Waals surface area contributed by atoms with Gasteiger partial charge in [-0.15, -0.1) is 0 Å². The minimum atomic E-state index is -0.475. The largest absolute Gasteiger partial charge is 0.497 e. The quantitative estimate of drug-likeness (QED) is 0.696. The number of hydrogen-bond donors (Lipinski definition) is 1. The van der Waals surface area contributed by atoms with Crippen LogP contribution in [0, 0.1) is 0 Å². The molecule has 0 aliphatic carbocycles. The Balaban J connectivity index is 1.58. The lowest BCUT2D eigenvalue weighted by Crippen LogP contribution is -2.24. The number of hydrogen-bond acceptors (Lipinski definition) is 5. The van der Waals surface area contributed by atoms with E-state index in [4.69, 9.17) is 13.9 Å². The zero-order valence-electron chi connectivity index (χ0n) is 14.8. The lowest BCUT2D eigenvalue weighted by atomic mass is 10.2. The Morgan fingerprint density at radius 1 is 1.04 bits per heavy atom. The maximum Gasteiger partial charge on any atom is 0.287 e. The van der Waals surface area contributed by atoms with Crippen LogP contribution in [0.5, 0.6) is 11.5 Å². The van der Waals surface area contributed by atoms with Crippen LogP contribution in [-0.2, 0) is 13.2 Å². The van der Waals surface area contributed by atoms with Crippen molar-refractivity contribution < 1.29 is 18.7 Å². The van der Waals surface area contributed by atoms with E-state index in [9.17, 15) is 9.59 Å². The molecule has 0 spiro atoms. The molecule has 0 radical (unpaired) electrons. The van der Waals surface area contributed by atoms with Crippen LogP contribution in [0.1, 0.15) is 21.7 Å². The summed E-state index contributed by atoms with van der Waals surface area (Å²) in [4.78, 5) is 24.3. The van der Waals surface area contributed by atoms with Gasteiger partial charge in [-0.2, -0.15) is 0 Å². The van der Waals surface area contributed by atoms with Gasteiger partial charge >= 0.3 is 0 Å². The summed E-state index contributed by atoms with van der Waals surface area (Å²) in [6.45, 7) is 0.549. The van der Waals surface area contributed by atoms with E-state index in [-0.39, 0.29) is 18.1 Å². The normalized spacial score (nSPS) is 10.3. The Bertz CT molecular complexity index is 948. The van der Waals surface area contributed by atoms with Gasteiger partial charge in [-0.05, 0) is 23.3 Å². The molecule has 3 aromatic rings. The fourth-order valence-electron chi connectivity index (χ4n) is 2.37. The molecule has 0 bridgehead atoms. The van der Waals surface area contributed by atoms with E-state index in [2.05, 4.69) is 5.32 Å². The molecule has 2 aromatic carbocycles. The van der Waals surface area contributed by atoms with E-state index in [0.29, 0.717) is 6.54 Å². The molecule has 0 aliphatic heterocycles. The lowest BCUT2D eigenvalue weighted by molar-refractivity contribution is 0.0919. The van der Waals surface area contributed by atoms with Crippen LogP contribution in [0.2, 0.25) is 0 Å². The highest BCUT2D eigenvalue weighted by atomic mass is 16.5. The molecule has 6 heteroatoms. The van der Waals surface area contributed by atoms with E-state index in [1.54, 1.807) is 19.2 Å². The van der Waals surface area contributed by atoms with Crippen molar-refractivity contribution in [3.05, 3.63) is 94.0 Å². The van der Waals surface area contributed by atoms with Crippen molar-refractivity contribution in [2.24, 2.45) is 0 Å². The third-order valence-corrected chi connectivity index (χ3v) is 3.87. The molecule has 0 saturated carbocycles. The van der Waals surface area contributed by atoms with Gasteiger partial charge < -0.3 is 19.2 Å². The molecule has 6 nitrogen and oxygen atoms in total. The zero-order valence-corrected chi connectivity index (χ0v) is 14.8. The van der Waals surface area contributed by atoms with Crippen molar-refractivity contribution in [2.45, 2.75) is 13.2 Å². The van der Waals surface area contributed by atoms with Crippen molar-refractivity contribution in [1.29, 1.82) is 0 Å². The van der Waals surface area contributed by atoms with Gasteiger partial charge in [0, 0.05) is 12.6 Å². The summed E-state index contributed by atoms with van der Waals surface area (Å²) < 4.78 is 15.8. The molecule has 0 aliphatic rings. The molecule has 1 aromatic heterocycles. The number of benzene rings is 2. The van der Waals surface area contributed by atoms with Crippen LogP contribution in [0.3, 0.4) is 0 Å². The molecule has 138 valence electrons. The van der Waals surface area contributed by atoms with Gasteiger partial charge in [0.25, 0.3) is 5.91 Å². The Morgan fingerprint density at radius 3 is 2.44 bits per heavy atom. The summed E-state index contributed by atoms with van der Waals surface area (Å²) in [5.41, 5.74) is 1.42. The SMILES string of the molecule is COc1ccc(CNC(=O)c2cc(=O)c(OCc3ccccc3)co2)cc1. The Labute approximate surface area is 156 Å². The zero-order chi connectivity index (χ0) is 19.1. The van der Waals surface area contributed by atoms with Crippen LogP contribution in [0.4, 0.5) is 0 Å². The second-order valence-corrected chi connectivity index (χ2v) is 5.78. The molecule has 27 heavy (non-hydrogen) atoms. The smallest absolute Gasteiger partial charge is 0.287 e. The molecular formula is C21H19NO5. The summed E-state index contributed by atoms with van der Waals surface area (Å²) in [5, 5.41) is 2.70. The Morgan fingerprint density at radius 2 is 1.78 bits per heavy atom. The van der Waals surface area contributed by atoms with Crippen molar-refractivity contribution in [1.82, 2.24) is 5.32 Å². The number of carbonyl (C=O) groups is 1. The first-order valence-electron chi connectivity index (χ1n) is 8.36. The second-order valence-electron chi connectivity index (χ2n) is 5.78. The minimum absolute atomic E-state index is 0.0607. The predicted octanol–water partition coefficient (Wildman–Crippen LogP) is 3.16. The highest BCUT2D eigenvalue weighted by Gasteiger charge is 2.12.